The molecule has 0 saturated carbocycles. The summed E-state index contributed by atoms with van der Waals surface area (Å²) in [6.07, 6.45) is 11.3. The highest BCUT2D eigenvalue weighted by molar-refractivity contribution is 6.06. The van der Waals surface area contributed by atoms with Crippen LogP contribution in [0.4, 0.5) is 0 Å². The molecule has 0 unspecified atom stereocenters. The molecule has 0 spiro atoms. The Balaban J connectivity index is 1.67. The van der Waals surface area contributed by atoms with Gasteiger partial charge in [0.05, 0.1) is 0 Å². The Labute approximate surface area is 175 Å². The highest BCUT2D eigenvalue weighted by Gasteiger charge is 2.13. The first-order valence-corrected chi connectivity index (χ1v) is 11.4. The SMILES string of the molecule is CCCCCCCCCCC(=O)Oc1c2ccccc2cc2ccc(CC)cc12. The first kappa shape index (κ1) is 21.4. The summed E-state index contributed by atoms with van der Waals surface area (Å²) in [4.78, 5) is 12.6. The van der Waals surface area contributed by atoms with Crippen LogP contribution in [0.15, 0.2) is 48.5 Å². The Morgan fingerprint density at radius 1 is 0.759 bits per heavy atom. The molecule has 0 amide bonds. The topological polar surface area (TPSA) is 26.3 Å². The number of rotatable bonds is 11. The van der Waals surface area contributed by atoms with Gasteiger partial charge in [-0.05, 0) is 41.3 Å². The lowest BCUT2D eigenvalue weighted by atomic mass is 9.99. The Morgan fingerprint density at radius 2 is 1.45 bits per heavy atom. The summed E-state index contributed by atoms with van der Waals surface area (Å²) in [7, 11) is 0. The molecule has 0 heterocycles. The van der Waals surface area contributed by atoms with E-state index in [4.69, 9.17) is 4.74 Å². The van der Waals surface area contributed by atoms with E-state index in [1.54, 1.807) is 0 Å². The number of ether oxygens (including phenoxy) is 1. The van der Waals surface area contributed by atoms with Crippen LogP contribution in [-0.2, 0) is 11.2 Å². The molecule has 0 atom stereocenters. The number of carbonyl (C=O) groups is 1. The average Bonchev–Trinajstić information content (AvgIpc) is 2.75. The quantitative estimate of drug-likeness (QED) is 0.143. The Kier molecular flexibility index (Phi) is 8.10. The molecule has 0 aliphatic heterocycles. The van der Waals surface area contributed by atoms with E-state index in [1.165, 1.54) is 44.1 Å². The van der Waals surface area contributed by atoms with Gasteiger partial charge in [0.2, 0.25) is 0 Å². The van der Waals surface area contributed by atoms with Gasteiger partial charge in [-0.15, -0.1) is 0 Å². The van der Waals surface area contributed by atoms with Crippen LogP contribution in [0.25, 0.3) is 21.5 Å². The van der Waals surface area contributed by atoms with Crippen LogP contribution < -0.4 is 4.74 Å². The number of fused-ring (bicyclic) bond motifs is 2. The van der Waals surface area contributed by atoms with Gasteiger partial charge in [0.1, 0.15) is 5.75 Å². The summed E-state index contributed by atoms with van der Waals surface area (Å²) in [5.74, 6) is 0.605. The molecule has 154 valence electrons. The molecule has 0 radical (unpaired) electrons. The molecule has 3 rings (SSSR count). The highest BCUT2D eigenvalue weighted by Crippen LogP contribution is 2.36. The zero-order chi connectivity index (χ0) is 20.5. The molecule has 0 aromatic heterocycles. The van der Waals surface area contributed by atoms with E-state index < -0.39 is 0 Å². The molecule has 3 aromatic rings. The van der Waals surface area contributed by atoms with E-state index in [2.05, 4.69) is 44.2 Å². The third-order valence-corrected chi connectivity index (χ3v) is 5.74. The summed E-state index contributed by atoms with van der Waals surface area (Å²) in [6.45, 7) is 4.39. The van der Waals surface area contributed by atoms with Gasteiger partial charge >= 0.3 is 5.97 Å². The lowest BCUT2D eigenvalue weighted by Gasteiger charge is -2.13. The fourth-order valence-corrected chi connectivity index (χ4v) is 3.97. The first-order chi connectivity index (χ1) is 14.2. The second-order valence-corrected chi connectivity index (χ2v) is 8.03. The molecule has 0 bridgehead atoms. The van der Waals surface area contributed by atoms with E-state index >= 15 is 0 Å². The minimum Gasteiger partial charge on any atom is -0.425 e. The molecule has 2 heteroatoms. The van der Waals surface area contributed by atoms with Gasteiger partial charge in [0.25, 0.3) is 0 Å². The van der Waals surface area contributed by atoms with E-state index in [0.717, 1.165) is 46.6 Å². The minimum atomic E-state index is -0.115. The summed E-state index contributed by atoms with van der Waals surface area (Å²) < 4.78 is 5.96. The van der Waals surface area contributed by atoms with Crippen LogP contribution in [0.2, 0.25) is 0 Å². The molecule has 3 aromatic carbocycles. The first-order valence-electron chi connectivity index (χ1n) is 11.4. The maximum Gasteiger partial charge on any atom is 0.311 e. The Hall–Kier alpha value is -2.35. The van der Waals surface area contributed by atoms with Gasteiger partial charge in [-0.2, -0.15) is 0 Å². The largest absolute Gasteiger partial charge is 0.425 e. The molecular formula is C27H34O2. The second kappa shape index (κ2) is 11.0. The third-order valence-electron chi connectivity index (χ3n) is 5.74. The summed E-state index contributed by atoms with van der Waals surface area (Å²) in [5.41, 5.74) is 1.26. The van der Waals surface area contributed by atoms with E-state index in [1.807, 2.05) is 18.2 Å². The van der Waals surface area contributed by atoms with E-state index in [0.29, 0.717) is 6.42 Å². The molecular weight excluding hydrogens is 356 g/mol. The van der Waals surface area contributed by atoms with Gasteiger partial charge in [-0.1, -0.05) is 95.2 Å². The number of benzene rings is 3. The lowest BCUT2D eigenvalue weighted by Crippen LogP contribution is -2.08. The smallest absolute Gasteiger partial charge is 0.311 e. The second-order valence-electron chi connectivity index (χ2n) is 8.03. The fraction of sp³-hybridized carbons (Fsp3) is 0.444. The van der Waals surface area contributed by atoms with Crippen molar-refractivity contribution >= 4 is 27.5 Å². The Morgan fingerprint density at radius 3 is 2.21 bits per heavy atom. The number of esters is 1. The van der Waals surface area contributed by atoms with Gasteiger partial charge in [0.15, 0.2) is 0 Å². The van der Waals surface area contributed by atoms with Crippen molar-refractivity contribution < 1.29 is 9.53 Å². The molecule has 0 N–H and O–H groups in total. The van der Waals surface area contributed by atoms with Crippen molar-refractivity contribution in [2.24, 2.45) is 0 Å². The van der Waals surface area contributed by atoms with Crippen molar-refractivity contribution in [3.8, 4) is 5.75 Å². The van der Waals surface area contributed by atoms with Crippen molar-refractivity contribution in [1.29, 1.82) is 0 Å². The third kappa shape index (κ3) is 5.82. The fourth-order valence-electron chi connectivity index (χ4n) is 3.97. The van der Waals surface area contributed by atoms with Crippen molar-refractivity contribution in [2.75, 3.05) is 0 Å². The van der Waals surface area contributed by atoms with Gasteiger partial charge in [-0.25, -0.2) is 0 Å². The van der Waals surface area contributed by atoms with Gasteiger partial charge < -0.3 is 4.74 Å². The zero-order valence-electron chi connectivity index (χ0n) is 18.0. The van der Waals surface area contributed by atoms with Crippen LogP contribution in [0.1, 0.15) is 77.2 Å². The number of hydrogen-bond acceptors (Lipinski definition) is 2. The van der Waals surface area contributed by atoms with Crippen molar-refractivity contribution in [1.82, 2.24) is 0 Å². The predicted molar refractivity (Wildman–Crippen MR) is 124 cm³/mol. The number of hydrogen-bond donors (Lipinski definition) is 0. The van der Waals surface area contributed by atoms with E-state index in [-0.39, 0.29) is 5.97 Å². The van der Waals surface area contributed by atoms with Gasteiger partial charge in [-0.3, -0.25) is 4.79 Å². The molecule has 2 nitrogen and oxygen atoms in total. The maximum absolute atomic E-state index is 12.6. The monoisotopic (exact) mass is 390 g/mol. The van der Waals surface area contributed by atoms with Crippen molar-refractivity contribution in [3.05, 3.63) is 54.1 Å². The standard InChI is InChI=1S/C27H34O2/c1-3-5-6-7-8-9-10-11-16-26(28)29-27-24-15-13-12-14-22(24)20-23-18-17-21(4-2)19-25(23)27/h12-15,17-20H,3-11,16H2,1-2H3. The molecule has 0 fully saturated rings. The van der Waals surface area contributed by atoms with Crippen LogP contribution >= 0.6 is 0 Å². The summed E-state index contributed by atoms with van der Waals surface area (Å²) in [6, 6.07) is 16.8. The number of aryl methyl sites for hydroxylation is 1. The average molecular weight is 391 g/mol. The van der Waals surface area contributed by atoms with E-state index in [9.17, 15) is 4.79 Å². The number of carbonyl (C=O) groups excluding carboxylic acids is 1. The van der Waals surface area contributed by atoms with Crippen molar-refractivity contribution in [3.63, 3.8) is 0 Å². The van der Waals surface area contributed by atoms with Gasteiger partial charge in [0, 0.05) is 17.2 Å². The van der Waals surface area contributed by atoms with Crippen LogP contribution in [0.3, 0.4) is 0 Å². The normalized spacial score (nSPS) is 11.2. The molecule has 0 aliphatic rings. The highest BCUT2D eigenvalue weighted by atomic mass is 16.5. The summed E-state index contributed by atoms with van der Waals surface area (Å²) in [5, 5.41) is 4.28. The van der Waals surface area contributed by atoms with Crippen molar-refractivity contribution in [2.45, 2.75) is 78.1 Å². The zero-order valence-corrected chi connectivity index (χ0v) is 18.0. The molecule has 0 aliphatic carbocycles. The van der Waals surface area contributed by atoms with Crippen LogP contribution in [0.5, 0.6) is 5.75 Å². The van der Waals surface area contributed by atoms with Crippen LogP contribution in [0, 0.1) is 0 Å². The molecule has 29 heavy (non-hydrogen) atoms. The molecule has 0 saturated heterocycles. The Bertz CT molecular complexity index is 942. The van der Waals surface area contributed by atoms with Crippen LogP contribution in [-0.4, -0.2) is 5.97 Å². The maximum atomic E-state index is 12.6. The number of unbranched alkanes of at least 4 members (excludes halogenated alkanes) is 7. The predicted octanol–water partition coefficient (Wildman–Crippen LogP) is 7.99. The lowest BCUT2D eigenvalue weighted by molar-refractivity contribution is -0.134. The summed E-state index contributed by atoms with van der Waals surface area (Å²) >= 11 is 0. The minimum absolute atomic E-state index is 0.115.